The van der Waals surface area contributed by atoms with Crippen LogP contribution in [-0.4, -0.2) is 44.1 Å². The van der Waals surface area contributed by atoms with Crippen LogP contribution >= 0.6 is 0 Å². The molecule has 1 aromatic rings. The molecule has 5 nitrogen and oxygen atoms in total. The van der Waals surface area contributed by atoms with Gasteiger partial charge in [0.2, 0.25) is 10.0 Å². The Morgan fingerprint density at radius 1 is 1.26 bits per heavy atom. The predicted molar refractivity (Wildman–Crippen MR) is 71.6 cm³/mol. The predicted octanol–water partition coefficient (Wildman–Crippen LogP) is 1.50. The van der Waals surface area contributed by atoms with Crippen molar-refractivity contribution in [3.8, 4) is 5.75 Å². The molecule has 0 spiro atoms. The molecular weight excluding hydrogens is 266 g/mol. The van der Waals surface area contributed by atoms with Gasteiger partial charge in [0.15, 0.2) is 0 Å². The third-order valence-electron chi connectivity index (χ3n) is 3.41. The second kappa shape index (κ2) is 5.48. The smallest absolute Gasteiger partial charge is 0.243 e. The molecule has 0 aromatic heterocycles. The number of ether oxygens (including phenoxy) is 1. The Bertz CT molecular complexity index is 528. The van der Waals surface area contributed by atoms with Crippen molar-refractivity contribution in [3.63, 3.8) is 0 Å². The van der Waals surface area contributed by atoms with E-state index in [1.807, 2.05) is 0 Å². The van der Waals surface area contributed by atoms with Crippen molar-refractivity contribution in [1.82, 2.24) is 4.31 Å². The zero-order valence-corrected chi connectivity index (χ0v) is 12.0. The fourth-order valence-electron chi connectivity index (χ4n) is 2.33. The van der Waals surface area contributed by atoms with E-state index < -0.39 is 10.0 Å². The van der Waals surface area contributed by atoms with Crippen molar-refractivity contribution in [3.05, 3.63) is 23.8 Å². The summed E-state index contributed by atoms with van der Waals surface area (Å²) in [4.78, 5) is 0.154. The van der Waals surface area contributed by atoms with Crippen molar-refractivity contribution >= 4 is 10.0 Å². The fraction of sp³-hybridized carbons (Fsp3) is 0.538. The zero-order valence-electron chi connectivity index (χ0n) is 11.2. The molecule has 1 aliphatic heterocycles. The first kappa shape index (κ1) is 14.3. The van der Waals surface area contributed by atoms with E-state index in [0.717, 1.165) is 5.56 Å². The van der Waals surface area contributed by atoms with E-state index in [1.54, 1.807) is 20.1 Å². The number of aryl methyl sites for hydroxylation is 1. The number of rotatable bonds is 3. The molecule has 1 N–H and O–H groups in total. The lowest BCUT2D eigenvalue weighted by Crippen LogP contribution is -2.40. The molecule has 1 aromatic carbocycles. The third kappa shape index (κ3) is 3.08. The molecule has 0 unspecified atom stereocenters. The van der Waals surface area contributed by atoms with E-state index in [1.165, 1.54) is 16.4 Å². The number of hydrogen-bond donors (Lipinski definition) is 1. The number of piperidine rings is 1. The molecule has 1 saturated heterocycles. The lowest BCUT2D eigenvalue weighted by Gasteiger charge is -2.30. The molecule has 6 heteroatoms. The standard InChI is InChI=1S/C13H19NO4S/c1-10-7-11(15)9-13(8-10)19(16,17)14-5-3-12(18-2)4-6-14/h7-9,12,15H,3-6H2,1-2H3. The molecule has 0 aliphatic carbocycles. The van der Waals surface area contributed by atoms with Crippen molar-refractivity contribution in [2.45, 2.75) is 30.8 Å². The molecule has 106 valence electrons. The van der Waals surface area contributed by atoms with Crippen LogP contribution in [0, 0.1) is 6.92 Å². The van der Waals surface area contributed by atoms with Gasteiger partial charge in [-0.3, -0.25) is 0 Å². The van der Waals surface area contributed by atoms with Crippen LogP contribution in [-0.2, 0) is 14.8 Å². The van der Waals surface area contributed by atoms with E-state index in [9.17, 15) is 13.5 Å². The summed E-state index contributed by atoms with van der Waals surface area (Å²) in [5, 5.41) is 9.53. The molecule has 0 atom stereocenters. The van der Waals surface area contributed by atoms with Crippen molar-refractivity contribution in [2.75, 3.05) is 20.2 Å². The first-order valence-corrected chi connectivity index (χ1v) is 7.71. The van der Waals surface area contributed by atoms with Gasteiger partial charge in [-0.1, -0.05) is 0 Å². The quantitative estimate of drug-likeness (QED) is 0.914. The highest BCUT2D eigenvalue weighted by Gasteiger charge is 2.29. The number of phenolic OH excluding ortho intramolecular Hbond substituents is 1. The molecule has 1 heterocycles. The first-order chi connectivity index (χ1) is 8.93. The fourth-order valence-corrected chi connectivity index (χ4v) is 3.93. The van der Waals surface area contributed by atoms with Gasteiger partial charge in [0.05, 0.1) is 11.0 Å². The maximum Gasteiger partial charge on any atom is 0.243 e. The van der Waals surface area contributed by atoms with Gasteiger partial charge >= 0.3 is 0 Å². The monoisotopic (exact) mass is 285 g/mol. The number of aromatic hydroxyl groups is 1. The third-order valence-corrected chi connectivity index (χ3v) is 5.28. The Morgan fingerprint density at radius 2 is 1.89 bits per heavy atom. The molecule has 1 aliphatic rings. The lowest BCUT2D eigenvalue weighted by atomic mass is 10.1. The largest absolute Gasteiger partial charge is 0.508 e. The summed E-state index contributed by atoms with van der Waals surface area (Å²) in [5.41, 5.74) is 0.727. The van der Waals surface area contributed by atoms with Crippen molar-refractivity contribution in [2.24, 2.45) is 0 Å². The van der Waals surface area contributed by atoms with Gasteiger partial charge in [0.1, 0.15) is 5.75 Å². The molecule has 2 rings (SSSR count). The highest BCUT2D eigenvalue weighted by Crippen LogP contribution is 2.25. The van der Waals surface area contributed by atoms with Crippen LogP contribution in [0.5, 0.6) is 5.75 Å². The van der Waals surface area contributed by atoms with Crippen LogP contribution in [0.2, 0.25) is 0 Å². The summed E-state index contributed by atoms with van der Waals surface area (Å²) in [6.07, 6.45) is 1.54. The number of benzene rings is 1. The van der Waals surface area contributed by atoms with Gasteiger partial charge in [-0.2, -0.15) is 4.31 Å². The molecule has 1 fully saturated rings. The average Bonchev–Trinajstić information content (AvgIpc) is 2.37. The molecule has 0 amide bonds. The molecule has 0 bridgehead atoms. The minimum absolute atomic E-state index is 0.0228. The van der Waals surface area contributed by atoms with E-state index in [-0.39, 0.29) is 16.7 Å². The molecule has 0 radical (unpaired) electrons. The van der Waals surface area contributed by atoms with Crippen LogP contribution in [0.25, 0.3) is 0 Å². The van der Waals surface area contributed by atoms with Crippen molar-refractivity contribution < 1.29 is 18.3 Å². The summed E-state index contributed by atoms with van der Waals surface area (Å²) in [7, 11) is -1.87. The number of sulfonamides is 1. The van der Waals surface area contributed by atoms with Crippen molar-refractivity contribution in [1.29, 1.82) is 0 Å². The van der Waals surface area contributed by atoms with E-state index >= 15 is 0 Å². The Balaban J connectivity index is 2.23. The number of nitrogens with zero attached hydrogens (tertiary/aromatic N) is 1. The first-order valence-electron chi connectivity index (χ1n) is 6.27. The maximum absolute atomic E-state index is 12.5. The SMILES string of the molecule is COC1CCN(S(=O)(=O)c2cc(C)cc(O)c2)CC1. The minimum atomic E-state index is -3.52. The highest BCUT2D eigenvalue weighted by atomic mass is 32.2. The van der Waals surface area contributed by atoms with Crippen LogP contribution in [0.1, 0.15) is 18.4 Å². The van der Waals surface area contributed by atoms with Gasteiger partial charge in [-0.05, 0) is 43.5 Å². The lowest BCUT2D eigenvalue weighted by molar-refractivity contribution is 0.0604. The van der Waals surface area contributed by atoms with Crippen LogP contribution in [0.15, 0.2) is 23.1 Å². The number of phenols is 1. The topological polar surface area (TPSA) is 66.8 Å². The van der Waals surface area contributed by atoms with Gasteiger partial charge in [0, 0.05) is 20.2 Å². The normalized spacial score (nSPS) is 18.6. The number of hydrogen-bond acceptors (Lipinski definition) is 4. The van der Waals surface area contributed by atoms with Crippen LogP contribution in [0.3, 0.4) is 0 Å². The zero-order chi connectivity index (χ0) is 14.0. The van der Waals surface area contributed by atoms with Gasteiger partial charge < -0.3 is 9.84 Å². The second-order valence-electron chi connectivity index (χ2n) is 4.84. The summed E-state index contributed by atoms with van der Waals surface area (Å²) >= 11 is 0. The summed E-state index contributed by atoms with van der Waals surface area (Å²) in [6, 6.07) is 4.42. The van der Waals surface area contributed by atoms with E-state index in [4.69, 9.17) is 4.74 Å². The summed E-state index contributed by atoms with van der Waals surface area (Å²) in [6.45, 7) is 2.67. The average molecular weight is 285 g/mol. The van der Waals surface area contributed by atoms with E-state index in [2.05, 4.69) is 0 Å². The van der Waals surface area contributed by atoms with Crippen LogP contribution < -0.4 is 0 Å². The molecular formula is C13H19NO4S. The molecule has 0 saturated carbocycles. The summed E-state index contributed by atoms with van der Waals surface area (Å²) in [5.74, 6) is -0.0228. The minimum Gasteiger partial charge on any atom is -0.508 e. The Labute approximate surface area is 113 Å². The van der Waals surface area contributed by atoms with Crippen LogP contribution in [0.4, 0.5) is 0 Å². The van der Waals surface area contributed by atoms with Gasteiger partial charge in [-0.25, -0.2) is 8.42 Å². The maximum atomic E-state index is 12.5. The summed E-state index contributed by atoms with van der Waals surface area (Å²) < 4.78 is 31.6. The second-order valence-corrected chi connectivity index (χ2v) is 6.78. The Kier molecular flexibility index (Phi) is 4.13. The molecule has 19 heavy (non-hydrogen) atoms. The van der Waals surface area contributed by atoms with Gasteiger partial charge in [-0.15, -0.1) is 0 Å². The Hall–Kier alpha value is -1.11. The number of methoxy groups -OCH3 is 1. The Morgan fingerprint density at radius 3 is 2.42 bits per heavy atom. The van der Waals surface area contributed by atoms with E-state index in [0.29, 0.717) is 25.9 Å². The van der Waals surface area contributed by atoms with Gasteiger partial charge in [0.25, 0.3) is 0 Å². The highest BCUT2D eigenvalue weighted by molar-refractivity contribution is 7.89.